The number of nitrogens with one attached hydrogen (secondary N) is 3. The fourth-order valence-electron chi connectivity index (χ4n) is 2.84. The molecule has 1 heterocycles. The second-order valence-corrected chi connectivity index (χ2v) is 6.05. The van der Waals surface area contributed by atoms with Crippen LogP contribution in [-0.4, -0.2) is 11.0 Å². The molecule has 3 N–H and O–H groups in total. The van der Waals surface area contributed by atoms with Gasteiger partial charge in [-0.25, -0.2) is 13.6 Å². The van der Waals surface area contributed by atoms with Gasteiger partial charge in [-0.1, -0.05) is 30.3 Å². The number of aromatic nitrogens is 1. The standard InChI is InChI=1S/C21H15F2N3O/c22-15-7-10-19(17(23)12-15)26-21(27)24-16-8-5-13(6-9-16)20-11-14-3-1-2-4-18(14)25-20/h1-12,25H,(H2,24,26,27). The molecule has 0 unspecified atom stereocenters. The minimum atomic E-state index is -0.834. The van der Waals surface area contributed by atoms with Gasteiger partial charge in [0, 0.05) is 28.4 Å². The molecule has 0 saturated carbocycles. The van der Waals surface area contributed by atoms with Crippen LogP contribution in [0, 0.1) is 11.6 Å². The summed E-state index contributed by atoms with van der Waals surface area (Å²) in [5.41, 5.74) is 3.45. The van der Waals surface area contributed by atoms with Gasteiger partial charge in [-0.2, -0.15) is 0 Å². The highest BCUT2D eigenvalue weighted by atomic mass is 19.1. The van der Waals surface area contributed by atoms with Crippen LogP contribution in [0.4, 0.5) is 25.0 Å². The van der Waals surface area contributed by atoms with Crippen LogP contribution in [0.2, 0.25) is 0 Å². The van der Waals surface area contributed by atoms with Crippen molar-refractivity contribution in [3.05, 3.63) is 84.4 Å². The summed E-state index contributed by atoms with van der Waals surface area (Å²) in [6.45, 7) is 0. The molecule has 0 bridgehead atoms. The van der Waals surface area contributed by atoms with Crippen LogP contribution in [0.25, 0.3) is 22.2 Å². The Morgan fingerprint density at radius 3 is 2.37 bits per heavy atom. The fourth-order valence-corrected chi connectivity index (χ4v) is 2.84. The minimum absolute atomic E-state index is 0.0939. The molecule has 0 aliphatic rings. The summed E-state index contributed by atoms with van der Waals surface area (Å²) in [6, 6.07) is 19.6. The zero-order chi connectivity index (χ0) is 18.8. The Kier molecular flexibility index (Phi) is 4.30. The molecule has 0 fully saturated rings. The van der Waals surface area contributed by atoms with E-state index >= 15 is 0 Å². The van der Waals surface area contributed by atoms with Gasteiger partial charge in [0.05, 0.1) is 5.69 Å². The first kappa shape index (κ1) is 16.8. The Morgan fingerprint density at radius 2 is 1.63 bits per heavy atom. The van der Waals surface area contributed by atoms with Crippen molar-refractivity contribution in [1.29, 1.82) is 0 Å². The molecule has 4 aromatic rings. The molecule has 0 aliphatic heterocycles. The Morgan fingerprint density at radius 1 is 0.852 bits per heavy atom. The monoisotopic (exact) mass is 363 g/mol. The number of hydrogen-bond donors (Lipinski definition) is 3. The second kappa shape index (κ2) is 6.92. The van der Waals surface area contributed by atoms with Gasteiger partial charge in [0.1, 0.15) is 11.6 Å². The lowest BCUT2D eigenvalue weighted by Gasteiger charge is -2.09. The molecule has 0 spiro atoms. The molecule has 4 nitrogen and oxygen atoms in total. The van der Waals surface area contributed by atoms with Crippen LogP contribution < -0.4 is 10.6 Å². The predicted octanol–water partition coefficient (Wildman–Crippen LogP) is 5.76. The Labute approximate surface area is 153 Å². The number of para-hydroxylation sites is 1. The molecular formula is C21H15F2N3O. The average Bonchev–Trinajstić information content (AvgIpc) is 3.09. The van der Waals surface area contributed by atoms with E-state index in [1.54, 1.807) is 12.1 Å². The van der Waals surface area contributed by atoms with Crippen molar-refractivity contribution in [2.24, 2.45) is 0 Å². The number of fused-ring (bicyclic) bond motifs is 1. The van der Waals surface area contributed by atoms with Crippen LogP contribution in [0.1, 0.15) is 0 Å². The zero-order valence-corrected chi connectivity index (χ0v) is 14.1. The Bertz CT molecular complexity index is 1090. The van der Waals surface area contributed by atoms with Gasteiger partial charge in [-0.05, 0) is 42.0 Å². The first-order chi connectivity index (χ1) is 13.1. The van der Waals surface area contributed by atoms with Gasteiger partial charge in [-0.15, -0.1) is 0 Å². The fraction of sp³-hybridized carbons (Fsp3) is 0. The smallest absolute Gasteiger partial charge is 0.323 e. The summed E-state index contributed by atoms with van der Waals surface area (Å²) in [5.74, 6) is -1.54. The van der Waals surface area contributed by atoms with E-state index < -0.39 is 17.7 Å². The van der Waals surface area contributed by atoms with Crippen molar-refractivity contribution >= 4 is 28.3 Å². The molecule has 0 atom stereocenters. The number of anilines is 2. The number of benzene rings is 3. The maximum Gasteiger partial charge on any atom is 0.323 e. The lowest BCUT2D eigenvalue weighted by molar-refractivity contribution is 0.262. The normalized spacial score (nSPS) is 10.7. The lowest BCUT2D eigenvalue weighted by atomic mass is 10.1. The van der Waals surface area contributed by atoms with Crippen molar-refractivity contribution in [3.8, 4) is 11.3 Å². The largest absolute Gasteiger partial charge is 0.355 e. The van der Waals surface area contributed by atoms with Gasteiger partial charge < -0.3 is 15.6 Å². The maximum absolute atomic E-state index is 13.6. The van der Waals surface area contributed by atoms with Gasteiger partial charge >= 0.3 is 6.03 Å². The summed E-state index contributed by atoms with van der Waals surface area (Å²) >= 11 is 0. The number of carbonyl (C=O) groups is 1. The SMILES string of the molecule is O=C(Nc1ccc(-c2cc3ccccc3[nH]2)cc1)Nc1ccc(F)cc1F. The van der Waals surface area contributed by atoms with E-state index in [2.05, 4.69) is 21.7 Å². The maximum atomic E-state index is 13.6. The summed E-state index contributed by atoms with van der Waals surface area (Å²) in [7, 11) is 0. The molecule has 0 aliphatic carbocycles. The molecule has 3 aromatic carbocycles. The van der Waals surface area contributed by atoms with Gasteiger partial charge in [0.15, 0.2) is 0 Å². The Balaban J connectivity index is 1.46. The van der Waals surface area contributed by atoms with Crippen molar-refractivity contribution in [2.45, 2.75) is 0 Å². The van der Waals surface area contributed by atoms with Crippen molar-refractivity contribution in [3.63, 3.8) is 0 Å². The van der Waals surface area contributed by atoms with Gasteiger partial charge in [0.2, 0.25) is 0 Å². The highest BCUT2D eigenvalue weighted by molar-refractivity contribution is 6.00. The van der Waals surface area contributed by atoms with E-state index in [1.165, 1.54) is 6.07 Å². The number of carbonyl (C=O) groups excluding carboxylic acids is 1. The molecule has 134 valence electrons. The Hall–Kier alpha value is -3.67. The summed E-state index contributed by atoms with van der Waals surface area (Å²) in [6.07, 6.45) is 0. The van der Waals surface area contributed by atoms with Crippen molar-refractivity contribution < 1.29 is 13.6 Å². The quantitative estimate of drug-likeness (QED) is 0.426. The van der Waals surface area contributed by atoms with E-state index in [0.29, 0.717) is 11.8 Å². The number of amides is 2. The molecule has 6 heteroatoms. The number of H-pyrrole nitrogens is 1. The van der Waals surface area contributed by atoms with Crippen LogP contribution in [0.3, 0.4) is 0 Å². The topological polar surface area (TPSA) is 56.9 Å². The van der Waals surface area contributed by atoms with Crippen LogP contribution >= 0.6 is 0 Å². The molecule has 27 heavy (non-hydrogen) atoms. The van der Waals surface area contributed by atoms with Gasteiger partial charge in [-0.3, -0.25) is 0 Å². The van der Waals surface area contributed by atoms with Crippen LogP contribution in [0.15, 0.2) is 72.8 Å². The number of halogens is 2. The molecule has 2 amide bonds. The molecule has 0 radical (unpaired) electrons. The first-order valence-corrected chi connectivity index (χ1v) is 8.30. The molecular weight excluding hydrogens is 348 g/mol. The van der Waals surface area contributed by atoms with E-state index in [9.17, 15) is 13.6 Å². The summed E-state index contributed by atoms with van der Waals surface area (Å²) in [4.78, 5) is 15.3. The predicted molar refractivity (Wildman–Crippen MR) is 103 cm³/mol. The summed E-state index contributed by atoms with van der Waals surface area (Å²) < 4.78 is 26.5. The number of hydrogen-bond acceptors (Lipinski definition) is 1. The van der Waals surface area contributed by atoms with E-state index in [-0.39, 0.29) is 5.69 Å². The zero-order valence-electron chi connectivity index (χ0n) is 14.1. The first-order valence-electron chi connectivity index (χ1n) is 8.30. The van der Waals surface area contributed by atoms with Gasteiger partial charge in [0.25, 0.3) is 0 Å². The van der Waals surface area contributed by atoms with Crippen molar-refractivity contribution in [2.75, 3.05) is 10.6 Å². The number of urea groups is 1. The molecule has 4 rings (SSSR count). The second-order valence-electron chi connectivity index (χ2n) is 6.05. The highest BCUT2D eigenvalue weighted by Gasteiger charge is 2.09. The third kappa shape index (κ3) is 3.64. The number of rotatable bonds is 3. The highest BCUT2D eigenvalue weighted by Crippen LogP contribution is 2.25. The molecule has 1 aromatic heterocycles. The van der Waals surface area contributed by atoms with Crippen LogP contribution in [-0.2, 0) is 0 Å². The van der Waals surface area contributed by atoms with Crippen molar-refractivity contribution in [1.82, 2.24) is 4.98 Å². The minimum Gasteiger partial charge on any atom is -0.355 e. The molecule has 0 saturated heterocycles. The third-order valence-corrected chi connectivity index (χ3v) is 4.16. The van der Waals surface area contributed by atoms with E-state index in [0.717, 1.165) is 28.2 Å². The van der Waals surface area contributed by atoms with Crippen LogP contribution in [0.5, 0.6) is 0 Å². The summed E-state index contributed by atoms with van der Waals surface area (Å²) in [5, 5.41) is 6.09. The third-order valence-electron chi connectivity index (χ3n) is 4.16. The number of aromatic amines is 1. The lowest BCUT2D eigenvalue weighted by Crippen LogP contribution is -2.20. The van der Waals surface area contributed by atoms with E-state index in [1.807, 2.05) is 36.4 Å². The van der Waals surface area contributed by atoms with E-state index in [4.69, 9.17) is 0 Å². The average molecular weight is 363 g/mol.